The summed E-state index contributed by atoms with van der Waals surface area (Å²) in [6.07, 6.45) is 2.86. The predicted molar refractivity (Wildman–Crippen MR) is 128 cm³/mol. The van der Waals surface area contributed by atoms with Crippen LogP contribution in [0.25, 0.3) is 11.2 Å². The Morgan fingerprint density at radius 1 is 1.35 bits per heavy atom. The third-order valence-electron chi connectivity index (χ3n) is 5.55. The number of rotatable bonds is 6. The Kier molecular flexibility index (Phi) is 6.41. The van der Waals surface area contributed by atoms with Crippen LogP contribution in [0.2, 0.25) is 10.0 Å². The molecule has 34 heavy (non-hydrogen) atoms. The summed E-state index contributed by atoms with van der Waals surface area (Å²) in [6.45, 7) is 2.31. The monoisotopic (exact) mass is 498 g/mol. The first-order valence-corrected chi connectivity index (χ1v) is 11.1. The summed E-state index contributed by atoms with van der Waals surface area (Å²) in [5.74, 6) is -0.935. The van der Waals surface area contributed by atoms with Gasteiger partial charge in [-0.15, -0.1) is 0 Å². The number of aromatic amines is 1. The molecule has 1 atom stereocenters. The number of hydrogen-bond donors (Lipinski definition) is 4. The van der Waals surface area contributed by atoms with Crippen molar-refractivity contribution in [2.75, 3.05) is 25.5 Å². The van der Waals surface area contributed by atoms with Crippen LogP contribution in [0.5, 0.6) is 0 Å². The number of nitrogens with zero attached hydrogens (tertiary/aromatic N) is 4. The lowest BCUT2D eigenvalue weighted by molar-refractivity contribution is -0.137. The van der Waals surface area contributed by atoms with Crippen molar-refractivity contribution in [2.45, 2.75) is 13.0 Å². The smallest absolute Gasteiger partial charge is 0.255 e. The van der Waals surface area contributed by atoms with Crippen molar-refractivity contribution in [1.29, 1.82) is 10.7 Å². The molecule has 4 N–H and O–H groups in total. The summed E-state index contributed by atoms with van der Waals surface area (Å²) in [6, 6.07) is 4.51. The molecule has 1 saturated heterocycles. The minimum absolute atomic E-state index is 0.00125. The van der Waals surface area contributed by atoms with Gasteiger partial charge in [0.05, 0.1) is 34.5 Å². The average Bonchev–Trinajstić information content (AvgIpc) is 3.20. The number of carbonyl (C=O) groups is 2. The molecule has 0 aliphatic carbocycles. The van der Waals surface area contributed by atoms with Gasteiger partial charge in [-0.1, -0.05) is 23.2 Å². The first-order valence-electron chi connectivity index (χ1n) is 10.3. The first-order chi connectivity index (χ1) is 16.2. The molecule has 0 radical (unpaired) electrons. The minimum atomic E-state index is -0.780. The predicted octanol–water partition coefficient (Wildman–Crippen LogP) is 2.82. The van der Waals surface area contributed by atoms with Crippen molar-refractivity contribution in [3.8, 4) is 6.07 Å². The maximum Gasteiger partial charge on any atom is 0.255 e. The van der Waals surface area contributed by atoms with Gasteiger partial charge in [0.2, 0.25) is 5.91 Å². The van der Waals surface area contributed by atoms with E-state index < -0.39 is 11.9 Å². The highest BCUT2D eigenvalue weighted by atomic mass is 35.5. The van der Waals surface area contributed by atoms with E-state index in [0.717, 1.165) is 0 Å². The SMILES string of the molecule is CNc1cc(Cl)cc(Cl)c1C(=N)c1cnc2[nH]cc(C(=O)NC(C)C(=O)N3CC(C#N)C3)c2n1. The number of amides is 2. The molecule has 10 nitrogen and oxygen atoms in total. The van der Waals surface area contributed by atoms with Crippen LogP contribution >= 0.6 is 23.2 Å². The molecule has 3 heterocycles. The highest BCUT2D eigenvalue weighted by molar-refractivity contribution is 6.38. The van der Waals surface area contributed by atoms with E-state index in [-0.39, 0.29) is 39.3 Å². The van der Waals surface area contributed by atoms with Crippen LogP contribution in [-0.2, 0) is 4.79 Å². The molecule has 0 spiro atoms. The highest BCUT2D eigenvalue weighted by Gasteiger charge is 2.33. The van der Waals surface area contributed by atoms with Crippen LogP contribution < -0.4 is 10.6 Å². The van der Waals surface area contributed by atoms with E-state index in [1.807, 2.05) is 0 Å². The molecule has 1 fully saturated rings. The van der Waals surface area contributed by atoms with Gasteiger partial charge in [-0.05, 0) is 19.1 Å². The van der Waals surface area contributed by atoms with E-state index in [1.165, 1.54) is 23.4 Å². The molecular formula is C22H20Cl2N8O2. The van der Waals surface area contributed by atoms with Crippen LogP contribution in [0.1, 0.15) is 28.5 Å². The van der Waals surface area contributed by atoms with Crippen molar-refractivity contribution >= 4 is 57.6 Å². The number of halogens is 2. The maximum atomic E-state index is 12.9. The lowest BCUT2D eigenvalue weighted by atomic mass is 10.0. The fraction of sp³-hybridized carbons (Fsp3) is 0.273. The second kappa shape index (κ2) is 9.29. The number of nitriles is 1. The number of likely N-dealkylation sites (tertiary alicyclic amines) is 1. The molecule has 4 rings (SSSR count). The van der Waals surface area contributed by atoms with Gasteiger partial charge in [0.1, 0.15) is 17.3 Å². The number of nitrogens with one attached hydrogen (secondary N) is 4. The fourth-order valence-electron chi connectivity index (χ4n) is 3.69. The van der Waals surface area contributed by atoms with Crippen LogP contribution in [0.4, 0.5) is 5.69 Å². The third-order valence-corrected chi connectivity index (χ3v) is 6.07. The Bertz CT molecular complexity index is 1360. The lowest BCUT2D eigenvalue weighted by Gasteiger charge is -2.37. The Balaban J connectivity index is 1.58. The van der Waals surface area contributed by atoms with Gasteiger partial charge in [-0.25, -0.2) is 9.97 Å². The van der Waals surface area contributed by atoms with Gasteiger partial charge in [-0.3, -0.25) is 15.0 Å². The molecule has 1 aliphatic heterocycles. The molecular weight excluding hydrogens is 479 g/mol. The molecule has 174 valence electrons. The van der Waals surface area contributed by atoms with Gasteiger partial charge >= 0.3 is 0 Å². The van der Waals surface area contributed by atoms with Gasteiger partial charge in [0.15, 0.2) is 5.65 Å². The van der Waals surface area contributed by atoms with Crippen molar-refractivity contribution in [1.82, 2.24) is 25.2 Å². The van der Waals surface area contributed by atoms with Gasteiger partial charge in [-0.2, -0.15) is 5.26 Å². The highest BCUT2D eigenvalue weighted by Crippen LogP contribution is 2.31. The number of aromatic nitrogens is 3. The first kappa shape index (κ1) is 23.5. The van der Waals surface area contributed by atoms with E-state index in [0.29, 0.717) is 35.0 Å². The summed E-state index contributed by atoms with van der Waals surface area (Å²) in [7, 11) is 1.69. The van der Waals surface area contributed by atoms with Crippen molar-refractivity contribution in [2.24, 2.45) is 5.92 Å². The summed E-state index contributed by atoms with van der Waals surface area (Å²) in [5.41, 5.74) is 1.95. The van der Waals surface area contributed by atoms with Gasteiger partial charge in [0, 0.05) is 42.6 Å². The molecule has 1 unspecified atom stereocenters. The zero-order valence-corrected chi connectivity index (χ0v) is 19.8. The Morgan fingerprint density at radius 2 is 2.09 bits per heavy atom. The molecule has 2 aromatic heterocycles. The van der Waals surface area contributed by atoms with Crippen molar-refractivity contribution in [3.05, 3.63) is 51.4 Å². The summed E-state index contributed by atoms with van der Waals surface area (Å²) >= 11 is 12.4. The van der Waals surface area contributed by atoms with Crippen LogP contribution in [-0.4, -0.2) is 63.6 Å². The number of anilines is 1. The van der Waals surface area contributed by atoms with Gasteiger partial charge < -0.3 is 20.5 Å². The summed E-state index contributed by atoms with van der Waals surface area (Å²) in [4.78, 5) is 38.6. The standard InChI is InChI=1S/C22H20Cl2N8O2/c1-10(22(34)32-8-11(5-25)9-32)30-21(33)13-6-28-20-19(13)31-16(7-29-20)18(26)17-14(24)3-12(23)4-15(17)27-2/h3-4,6-7,10-11,26-27H,8-9H2,1-2H3,(H,28,29)(H,30,33). The Hall–Kier alpha value is -3.68. The molecule has 1 aromatic carbocycles. The number of hydrogen-bond acceptors (Lipinski definition) is 7. The minimum Gasteiger partial charge on any atom is -0.387 e. The molecule has 0 bridgehead atoms. The molecule has 12 heteroatoms. The largest absolute Gasteiger partial charge is 0.387 e. The Labute approximate surface area is 204 Å². The second-order valence-corrected chi connectivity index (χ2v) is 8.70. The topological polar surface area (TPSA) is 151 Å². The molecule has 1 aliphatic rings. The van der Waals surface area contributed by atoms with Crippen molar-refractivity contribution in [3.63, 3.8) is 0 Å². The van der Waals surface area contributed by atoms with Crippen LogP contribution in [0.3, 0.4) is 0 Å². The van der Waals surface area contributed by atoms with Crippen LogP contribution in [0.15, 0.2) is 24.5 Å². The zero-order chi connectivity index (χ0) is 24.6. The normalized spacial score (nSPS) is 14.3. The van der Waals surface area contributed by atoms with Crippen molar-refractivity contribution < 1.29 is 9.59 Å². The molecule has 3 aromatic rings. The number of carbonyl (C=O) groups excluding carboxylic acids is 2. The van der Waals surface area contributed by atoms with E-state index >= 15 is 0 Å². The van der Waals surface area contributed by atoms with E-state index in [2.05, 4.69) is 31.7 Å². The van der Waals surface area contributed by atoms with Crippen LogP contribution in [0, 0.1) is 22.7 Å². The maximum absolute atomic E-state index is 12.9. The third kappa shape index (κ3) is 4.27. The fourth-order valence-corrected chi connectivity index (χ4v) is 4.28. The summed E-state index contributed by atoms with van der Waals surface area (Å²) in [5, 5.41) is 23.9. The number of benzene rings is 1. The van der Waals surface area contributed by atoms with E-state index in [9.17, 15) is 9.59 Å². The second-order valence-electron chi connectivity index (χ2n) is 7.85. The zero-order valence-electron chi connectivity index (χ0n) is 18.2. The number of fused-ring (bicyclic) bond motifs is 1. The van der Waals surface area contributed by atoms with E-state index in [4.69, 9.17) is 33.9 Å². The molecule has 0 saturated carbocycles. The average molecular weight is 499 g/mol. The summed E-state index contributed by atoms with van der Waals surface area (Å²) < 4.78 is 0. The number of H-pyrrole nitrogens is 1. The molecule has 2 amide bonds. The quantitative estimate of drug-likeness (QED) is 0.383. The Morgan fingerprint density at radius 3 is 2.76 bits per heavy atom. The van der Waals surface area contributed by atoms with E-state index in [1.54, 1.807) is 20.0 Å². The van der Waals surface area contributed by atoms with Gasteiger partial charge in [0.25, 0.3) is 5.91 Å². The lowest BCUT2D eigenvalue weighted by Crippen LogP contribution is -2.55.